The van der Waals surface area contributed by atoms with Crippen molar-refractivity contribution in [2.75, 3.05) is 78.5 Å². The van der Waals surface area contributed by atoms with E-state index in [9.17, 15) is 9.59 Å². The first-order chi connectivity index (χ1) is 13.4. The lowest BCUT2D eigenvalue weighted by molar-refractivity contribution is -0.126. The van der Waals surface area contributed by atoms with Crippen molar-refractivity contribution >= 4 is 11.7 Å². The van der Waals surface area contributed by atoms with Crippen LogP contribution in [0.1, 0.15) is 41.0 Å². The number of Topliss-reactive ketones (excluding diaryl/α,β-unsaturated/α-hetero) is 1. The van der Waals surface area contributed by atoms with Gasteiger partial charge in [-0.2, -0.15) is 0 Å². The van der Waals surface area contributed by atoms with Crippen LogP contribution in [0.4, 0.5) is 0 Å². The Bertz CT molecular complexity index is 440. The second kappa shape index (κ2) is 14.0. The number of rotatable bonds is 8. The maximum absolute atomic E-state index is 12.6. The van der Waals surface area contributed by atoms with Crippen molar-refractivity contribution in [1.29, 1.82) is 0 Å². The van der Waals surface area contributed by atoms with E-state index < -0.39 is 0 Å². The zero-order valence-electron chi connectivity index (χ0n) is 18.9. The van der Waals surface area contributed by atoms with Crippen LogP contribution in [-0.2, 0) is 9.59 Å². The van der Waals surface area contributed by atoms with Gasteiger partial charge in [0.05, 0.1) is 6.04 Å². The molecular weight excluding hydrogens is 354 g/mol. The third-order valence-corrected chi connectivity index (χ3v) is 5.92. The van der Waals surface area contributed by atoms with Crippen molar-refractivity contribution in [3.63, 3.8) is 0 Å². The van der Waals surface area contributed by atoms with Gasteiger partial charge in [-0.05, 0) is 33.5 Å². The largest absolute Gasteiger partial charge is 0.354 e. The van der Waals surface area contributed by atoms with Crippen molar-refractivity contribution in [3.8, 4) is 0 Å². The Balaban J connectivity index is 2.74. The second-order valence-corrected chi connectivity index (χ2v) is 7.76. The molecule has 1 N–H and O–H groups in total. The molecule has 0 spiro atoms. The summed E-state index contributed by atoms with van der Waals surface area (Å²) < 4.78 is 0. The molecule has 7 heteroatoms. The normalized spacial score (nSPS) is 20.9. The molecule has 0 aromatic rings. The summed E-state index contributed by atoms with van der Waals surface area (Å²) in [6, 6.07) is -0.181. The van der Waals surface area contributed by atoms with E-state index >= 15 is 0 Å². The van der Waals surface area contributed by atoms with Crippen LogP contribution in [0.25, 0.3) is 0 Å². The molecule has 0 aromatic carbocycles. The number of likely N-dealkylation sites (N-methyl/N-ethyl adjacent to an activating group) is 3. The molecule has 1 saturated heterocycles. The van der Waals surface area contributed by atoms with Gasteiger partial charge in [-0.15, -0.1) is 0 Å². The minimum atomic E-state index is -0.181. The Morgan fingerprint density at radius 1 is 0.786 bits per heavy atom. The maximum Gasteiger partial charge on any atom is 0.237 e. The first kappa shape index (κ1) is 25.0. The van der Waals surface area contributed by atoms with Gasteiger partial charge in [-0.25, -0.2) is 0 Å². The fourth-order valence-electron chi connectivity index (χ4n) is 3.56. The van der Waals surface area contributed by atoms with Crippen molar-refractivity contribution in [2.45, 2.75) is 47.1 Å². The van der Waals surface area contributed by atoms with Crippen molar-refractivity contribution < 1.29 is 9.59 Å². The highest BCUT2D eigenvalue weighted by atomic mass is 16.2. The topological polar surface area (TPSA) is 59.1 Å². The SMILES string of the molecule is CCN1CCN(CC)CCN(C(C)C(=O)NCCC(C)=O)CCN(CC)CC1. The highest BCUT2D eigenvalue weighted by Crippen LogP contribution is 2.04. The van der Waals surface area contributed by atoms with Gasteiger partial charge in [0.15, 0.2) is 0 Å². The number of hydrogen-bond donors (Lipinski definition) is 1. The highest BCUT2D eigenvalue weighted by molar-refractivity contribution is 5.82. The Hall–Kier alpha value is -1.02. The van der Waals surface area contributed by atoms with Gasteiger partial charge < -0.3 is 20.0 Å². The molecule has 1 fully saturated rings. The summed E-state index contributed by atoms with van der Waals surface area (Å²) in [5.74, 6) is 0.133. The third kappa shape index (κ3) is 9.45. The van der Waals surface area contributed by atoms with Gasteiger partial charge in [0.2, 0.25) is 5.91 Å². The van der Waals surface area contributed by atoms with Gasteiger partial charge in [0.1, 0.15) is 5.78 Å². The van der Waals surface area contributed by atoms with E-state index in [0.717, 1.165) is 72.0 Å². The zero-order valence-corrected chi connectivity index (χ0v) is 18.9. The molecule has 0 aromatic heterocycles. The van der Waals surface area contributed by atoms with Crippen LogP contribution in [0.15, 0.2) is 0 Å². The number of carbonyl (C=O) groups is 2. The van der Waals surface area contributed by atoms with E-state index in [4.69, 9.17) is 0 Å². The Morgan fingerprint density at radius 2 is 1.18 bits per heavy atom. The van der Waals surface area contributed by atoms with Gasteiger partial charge in [0.25, 0.3) is 0 Å². The maximum atomic E-state index is 12.6. The summed E-state index contributed by atoms with van der Waals surface area (Å²) >= 11 is 0. The minimum absolute atomic E-state index is 0.0246. The summed E-state index contributed by atoms with van der Waals surface area (Å²) in [6.45, 7) is 21.9. The molecule has 1 aliphatic rings. The Labute approximate surface area is 172 Å². The third-order valence-electron chi connectivity index (χ3n) is 5.92. The summed E-state index contributed by atoms with van der Waals surface area (Å²) in [7, 11) is 0. The molecule has 0 radical (unpaired) electrons. The lowest BCUT2D eigenvalue weighted by Crippen LogP contribution is -2.51. The summed E-state index contributed by atoms with van der Waals surface area (Å²) in [4.78, 5) is 33.5. The highest BCUT2D eigenvalue weighted by Gasteiger charge is 2.23. The van der Waals surface area contributed by atoms with Crippen LogP contribution in [0.3, 0.4) is 0 Å². The molecule has 28 heavy (non-hydrogen) atoms. The summed E-state index contributed by atoms with van der Waals surface area (Å²) in [6.07, 6.45) is 0.402. The van der Waals surface area contributed by atoms with Crippen LogP contribution >= 0.6 is 0 Å². The molecular formula is C21H43N5O2. The van der Waals surface area contributed by atoms with Crippen molar-refractivity contribution in [3.05, 3.63) is 0 Å². The molecule has 1 heterocycles. The predicted octanol–water partition coefficient (Wildman–Crippen LogP) is 0.752. The van der Waals surface area contributed by atoms with E-state index in [0.29, 0.717) is 13.0 Å². The average molecular weight is 398 g/mol. The molecule has 1 amide bonds. The number of nitrogens with one attached hydrogen (secondary N) is 1. The van der Waals surface area contributed by atoms with E-state index in [1.54, 1.807) is 6.92 Å². The van der Waals surface area contributed by atoms with Crippen LogP contribution in [0, 0.1) is 0 Å². The number of carbonyl (C=O) groups excluding carboxylic acids is 2. The van der Waals surface area contributed by atoms with Crippen LogP contribution in [0.5, 0.6) is 0 Å². The standard InChI is InChI=1S/C21H43N5O2/c1-6-23-11-13-24(7-2)15-17-26(18-16-25(8-3)14-12-23)20(5)21(28)22-10-9-19(4)27/h20H,6-18H2,1-5H3,(H,22,28). The Morgan fingerprint density at radius 3 is 1.54 bits per heavy atom. The van der Waals surface area contributed by atoms with E-state index in [-0.39, 0.29) is 17.7 Å². The molecule has 0 bridgehead atoms. The lowest BCUT2D eigenvalue weighted by atomic mass is 10.2. The van der Waals surface area contributed by atoms with E-state index in [1.807, 2.05) is 6.92 Å². The number of hydrogen-bond acceptors (Lipinski definition) is 6. The molecule has 7 nitrogen and oxygen atoms in total. The summed E-state index contributed by atoms with van der Waals surface area (Å²) in [5, 5.41) is 2.93. The molecule has 0 saturated carbocycles. The molecule has 0 aliphatic carbocycles. The first-order valence-electron chi connectivity index (χ1n) is 11.1. The number of nitrogens with zero attached hydrogens (tertiary/aromatic N) is 4. The smallest absolute Gasteiger partial charge is 0.237 e. The molecule has 1 aliphatic heterocycles. The zero-order chi connectivity index (χ0) is 20.9. The Kier molecular flexibility index (Phi) is 12.5. The fourth-order valence-corrected chi connectivity index (χ4v) is 3.56. The average Bonchev–Trinajstić information content (AvgIpc) is 2.67. The van der Waals surface area contributed by atoms with Gasteiger partial charge in [-0.1, -0.05) is 20.8 Å². The molecule has 1 unspecified atom stereocenters. The molecule has 164 valence electrons. The van der Waals surface area contributed by atoms with Crippen molar-refractivity contribution in [1.82, 2.24) is 24.9 Å². The predicted molar refractivity (Wildman–Crippen MR) is 116 cm³/mol. The minimum Gasteiger partial charge on any atom is -0.354 e. The van der Waals surface area contributed by atoms with E-state index in [2.05, 4.69) is 45.7 Å². The fraction of sp³-hybridized carbons (Fsp3) is 0.905. The van der Waals surface area contributed by atoms with Gasteiger partial charge in [-0.3, -0.25) is 14.5 Å². The van der Waals surface area contributed by atoms with Gasteiger partial charge >= 0.3 is 0 Å². The molecule has 1 atom stereocenters. The molecule has 1 rings (SSSR count). The number of amides is 1. The van der Waals surface area contributed by atoms with Crippen LogP contribution in [0.2, 0.25) is 0 Å². The second-order valence-electron chi connectivity index (χ2n) is 7.76. The first-order valence-corrected chi connectivity index (χ1v) is 11.1. The van der Waals surface area contributed by atoms with Gasteiger partial charge in [0, 0.05) is 65.3 Å². The van der Waals surface area contributed by atoms with Crippen LogP contribution < -0.4 is 5.32 Å². The quantitative estimate of drug-likeness (QED) is 0.652. The summed E-state index contributed by atoms with van der Waals surface area (Å²) in [5.41, 5.74) is 0. The number of ketones is 1. The monoisotopic (exact) mass is 397 g/mol. The lowest BCUT2D eigenvalue weighted by Gasteiger charge is -2.35. The van der Waals surface area contributed by atoms with Crippen LogP contribution in [-0.4, -0.2) is 116 Å². The van der Waals surface area contributed by atoms with Crippen molar-refractivity contribution in [2.24, 2.45) is 0 Å². The van der Waals surface area contributed by atoms with E-state index in [1.165, 1.54) is 0 Å².